The average Bonchev–Trinajstić information content (AvgIpc) is 2.22. The molecule has 98 valence electrons. The molecule has 0 aliphatic carbocycles. The van der Waals surface area contributed by atoms with Crippen LogP contribution >= 0.6 is 0 Å². The van der Waals surface area contributed by atoms with Gasteiger partial charge < -0.3 is 40.9 Å². The summed E-state index contributed by atoms with van der Waals surface area (Å²) in [5.74, 6) is -2.00. The quantitative estimate of drug-likeness (QED) is 0.291. The fourth-order valence-corrected chi connectivity index (χ4v) is 1.55. The van der Waals surface area contributed by atoms with Crippen molar-refractivity contribution in [2.75, 3.05) is 13.2 Å². The molecule has 0 radical (unpaired) electrons. The van der Waals surface area contributed by atoms with Gasteiger partial charge in [-0.05, 0) is 0 Å². The average molecular weight is 242 g/mol. The molecule has 8 N–H and O–H groups in total. The van der Waals surface area contributed by atoms with Crippen molar-refractivity contribution in [2.45, 2.75) is 36.6 Å². The van der Waals surface area contributed by atoms with Crippen molar-refractivity contribution in [3.8, 4) is 0 Å². The molecular formula is C8H18O8. The zero-order valence-corrected chi connectivity index (χ0v) is 8.52. The Kier molecular flexibility index (Phi) is 5.73. The molecule has 1 aliphatic rings. The Morgan fingerprint density at radius 2 is 1.88 bits per heavy atom. The number of hydrogen-bond acceptors (Lipinski definition) is 7. The smallest absolute Gasteiger partial charge is 0.192 e. The molecule has 0 aromatic carbocycles. The van der Waals surface area contributed by atoms with Gasteiger partial charge >= 0.3 is 0 Å². The first-order valence-corrected chi connectivity index (χ1v) is 4.59. The molecule has 1 saturated heterocycles. The normalized spacial score (nSPS) is 41.2. The first kappa shape index (κ1) is 15.7. The third-order valence-electron chi connectivity index (χ3n) is 2.43. The summed E-state index contributed by atoms with van der Waals surface area (Å²) >= 11 is 0. The van der Waals surface area contributed by atoms with E-state index < -0.39 is 43.4 Å². The highest BCUT2D eigenvalue weighted by Crippen LogP contribution is 2.28. The minimum atomic E-state index is -2.00. The van der Waals surface area contributed by atoms with Gasteiger partial charge in [0.1, 0.15) is 18.3 Å². The Labute approximate surface area is 91.6 Å². The zero-order valence-electron chi connectivity index (χ0n) is 8.52. The van der Waals surface area contributed by atoms with Crippen molar-refractivity contribution in [1.29, 1.82) is 0 Å². The molecule has 1 rings (SSSR count). The van der Waals surface area contributed by atoms with E-state index in [4.69, 9.17) is 14.9 Å². The molecule has 0 amide bonds. The van der Waals surface area contributed by atoms with Gasteiger partial charge in [0.05, 0.1) is 19.3 Å². The van der Waals surface area contributed by atoms with Crippen LogP contribution in [0.3, 0.4) is 0 Å². The molecule has 1 heterocycles. The van der Waals surface area contributed by atoms with E-state index in [1.807, 2.05) is 0 Å². The Morgan fingerprint density at radius 1 is 1.31 bits per heavy atom. The lowest BCUT2D eigenvalue weighted by Gasteiger charge is -2.42. The molecule has 0 spiro atoms. The van der Waals surface area contributed by atoms with Crippen molar-refractivity contribution in [3.05, 3.63) is 0 Å². The fraction of sp³-hybridized carbons (Fsp3) is 1.00. The molecule has 5 atom stereocenters. The second-order valence-electron chi connectivity index (χ2n) is 3.70. The summed E-state index contributed by atoms with van der Waals surface area (Å²) in [5, 5.41) is 55.1. The minimum absolute atomic E-state index is 0. The maximum atomic E-state index is 9.55. The van der Waals surface area contributed by atoms with Crippen LogP contribution in [0.1, 0.15) is 6.42 Å². The SMILES string of the molecule is O.OC[C@@H](O)[C@H]1O[C@@](O)(CO)C[C@@H](O)[C@H]1O. The van der Waals surface area contributed by atoms with E-state index in [0.29, 0.717) is 0 Å². The molecule has 1 fully saturated rings. The van der Waals surface area contributed by atoms with E-state index in [9.17, 15) is 20.4 Å². The van der Waals surface area contributed by atoms with E-state index in [1.165, 1.54) is 0 Å². The van der Waals surface area contributed by atoms with Crippen LogP contribution in [0.5, 0.6) is 0 Å². The Balaban J connectivity index is 0.00000225. The summed E-state index contributed by atoms with van der Waals surface area (Å²) in [6.45, 7) is -1.46. The van der Waals surface area contributed by atoms with Crippen molar-refractivity contribution in [1.82, 2.24) is 0 Å². The van der Waals surface area contributed by atoms with Gasteiger partial charge in [-0.1, -0.05) is 0 Å². The Morgan fingerprint density at radius 3 is 2.31 bits per heavy atom. The van der Waals surface area contributed by atoms with E-state index in [1.54, 1.807) is 0 Å². The zero-order chi connectivity index (χ0) is 11.6. The highest BCUT2D eigenvalue weighted by atomic mass is 16.7. The van der Waals surface area contributed by atoms with Crippen LogP contribution in [0.2, 0.25) is 0 Å². The van der Waals surface area contributed by atoms with Crippen LogP contribution in [0.15, 0.2) is 0 Å². The van der Waals surface area contributed by atoms with Crippen LogP contribution < -0.4 is 0 Å². The topological polar surface area (TPSA) is 162 Å². The maximum Gasteiger partial charge on any atom is 0.192 e. The second-order valence-corrected chi connectivity index (χ2v) is 3.70. The number of hydrogen-bond donors (Lipinski definition) is 6. The summed E-state index contributed by atoms with van der Waals surface area (Å²) in [4.78, 5) is 0. The number of ether oxygens (including phenoxy) is 1. The lowest BCUT2D eigenvalue weighted by Crippen LogP contribution is -2.60. The predicted octanol–water partition coefficient (Wildman–Crippen LogP) is -4.29. The van der Waals surface area contributed by atoms with E-state index in [0.717, 1.165) is 0 Å². The van der Waals surface area contributed by atoms with Gasteiger partial charge in [0.2, 0.25) is 0 Å². The third-order valence-corrected chi connectivity index (χ3v) is 2.43. The van der Waals surface area contributed by atoms with Crippen molar-refractivity contribution < 1.29 is 40.9 Å². The molecule has 0 aromatic heterocycles. The third kappa shape index (κ3) is 3.09. The Hall–Kier alpha value is -0.320. The maximum absolute atomic E-state index is 9.55. The monoisotopic (exact) mass is 242 g/mol. The number of aliphatic hydroxyl groups is 6. The summed E-state index contributed by atoms with van der Waals surface area (Å²) in [6.07, 6.45) is -5.88. The van der Waals surface area contributed by atoms with Crippen LogP contribution in [-0.4, -0.2) is 79.5 Å². The lowest BCUT2D eigenvalue weighted by molar-refractivity contribution is -0.326. The number of aliphatic hydroxyl groups excluding tert-OH is 5. The molecule has 8 heteroatoms. The summed E-state index contributed by atoms with van der Waals surface area (Å²) in [7, 11) is 0. The second kappa shape index (κ2) is 5.84. The van der Waals surface area contributed by atoms with Crippen LogP contribution in [0, 0.1) is 0 Å². The van der Waals surface area contributed by atoms with Crippen molar-refractivity contribution in [2.24, 2.45) is 0 Å². The van der Waals surface area contributed by atoms with Gasteiger partial charge in [0.25, 0.3) is 0 Å². The first-order chi connectivity index (χ1) is 6.93. The van der Waals surface area contributed by atoms with Crippen LogP contribution in [0.25, 0.3) is 0 Å². The first-order valence-electron chi connectivity index (χ1n) is 4.59. The van der Waals surface area contributed by atoms with Crippen LogP contribution in [0.4, 0.5) is 0 Å². The summed E-state index contributed by atoms with van der Waals surface area (Å²) in [5.41, 5.74) is 0. The highest BCUT2D eigenvalue weighted by Gasteiger charge is 2.47. The van der Waals surface area contributed by atoms with Gasteiger partial charge in [0.15, 0.2) is 5.79 Å². The summed E-state index contributed by atoms with van der Waals surface area (Å²) in [6, 6.07) is 0. The molecule has 16 heavy (non-hydrogen) atoms. The molecule has 8 nitrogen and oxygen atoms in total. The van der Waals surface area contributed by atoms with Gasteiger partial charge in [-0.25, -0.2) is 0 Å². The van der Waals surface area contributed by atoms with Gasteiger partial charge in [-0.2, -0.15) is 0 Å². The largest absolute Gasteiger partial charge is 0.412 e. The van der Waals surface area contributed by atoms with Gasteiger partial charge in [-0.15, -0.1) is 0 Å². The predicted molar refractivity (Wildman–Crippen MR) is 50.2 cm³/mol. The lowest BCUT2D eigenvalue weighted by atomic mass is 9.93. The van der Waals surface area contributed by atoms with E-state index >= 15 is 0 Å². The molecule has 0 saturated carbocycles. The van der Waals surface area contributed by atoms with Gasteiger partial charge in [-0.3, -0.25) is 0 Å². The summed E-state index contributed by atoms with van der Waals surface area (Å²) < 4.78 is 4.84. The van der Waals surface area contributed by atoms with Gasteiger partial charge in [0, 0.05) is 6.42 Å². The van der Waals surface area contributed by atoms with Crippen molar-refractivity contribution in [3.63, 3.8) is 0 Å². The molecule has 0 unspecified atom stereocenters. The number of rotatable bonds is 3. The van der Waals surface area contributed by atoms with Crippen LogP contribution in [-0.2, 0) is 4.74 Å². The fourth-order valence-electron chi connectivity index (χ4n) is 1.55. The molecule has 0 bridgehead atoms. The van der Waals surface area contributed by atoms with E-state index in [-0.39, 0.29) is 11.9 Å². The van der Waals surface area contributed by atoms with Crippen molar-refractivity contribution >= 4 is 0 Å². The standard InChI is InChI=1S/C8H16O7.H2O/c9-2-5(12)7-6(13)4(11)1-8(14,3-10)15-7;/h4-7,9-14H,1-3H2;1H2/t4-,5-,6-,7-,8-;/m1./s1. The molecule has 0 aromatic rings. The minimum Gasteiger partial charge on any atom is -0.412 e. The molecule has 1 aliphatic heterocycles. The van der Waals surface area contributed by atoms with E-state index in [2.05, 4.69) is 0 Å². The highest BCUT2D eigenvalue weighted by molar-refractivity contribution is 4.91. The Bertz CT molecular complexity index is 212. The molecular weight excluding hydrogens is 224 g/mol.